The van der Waals surface area contributed by atoms with Crippen LogP contribution in [0.25, 0.3) is 0 Å². The molecule has 1 saturated carbocycles. The number of carbonyl (C=O) groups excluding carboxylic acids is 1. The fourth-order valence-electron chi connectivity index (χ4n) is 2.66. The first-order valence-corrected chi connectivity index (χ1v) is 6.86. The Morgan fingerprint density at radius 1 is 1.35 bits per heavy atom. The lowest BCUT2D eigenvalue weighted by atomic mass is 9.66. The molecule has 0 radical (unpaired) electrons. The summed E-state index contributed by atoms with van der Waals surface area (Å²) in [5.41, 5.74) is 5.93. The minimum atomic E-state index is 0.128. The van der Waals surface area contributed by atoms with Crippen LogP contribution in [0.1, 0.15) is 52.9 Å². The van der Waals surface area contributed by atoms with Crippen LogP contribution < -0.4 is 5.73 Å². The van der Waals surface area contributed by atoms with Gasteiger partial charge in [-0.3, -0.25) is 4.79 Å². The van der Waals surface area contributed by atoms with E-state index >= 15 is 0 Å². The minimum absolute atomic E-state index is 0.128. The number of amides is 1. The Balaban J connectivity index is 2.46. The van der Waals surface area contributed by atoms with Crippen LogP contribution in [-0.4, -0.2) is 30.4 Å². The minimum Gasteiger partial charge on any atom is -0.343 e. The van der Waals surface area contributed by atoms with Crippen LogP contribution in [0.5, 0.6) is 0 Å². The lowest BCUT2D eigenvalue weighted by molar-refractivity contribution is -0.135. The van der Waals surface area contributed by atoms with Crippen molar-refractivity contribution < 1.29 is 4.79 Å². The molecule has 1 fully saturated rings. The standard InChI is InChI=1S/C14H28N2O/c1-11(2)8-12(3)16(4)13(17)9-14(10-15)6-5-7-14/h11-12H,5-10,15H2,1-4H3. The molecule has 1 amide bonds. The average Bonchev–Trinajstić information content (AvgIpc) is 2.21. The maximum atomic E-state index is 12.2. The fourth-order valence-corrected chi connectivity index (χ4v) is 2.66. The normalized spacial score (nSPS) is 19.9. The van der Waals surface area contributed by atoms with Gasteiger partial charge in [-0.1, -0.05) is 20.3 Å². The van der Waals surface area contributed by atoms with Crippen LogP contribution in [-0.2, 0) is 4.79 Å². The van der Waals surface area contributed by atoms with Gasteiger partial charge in [0.2, 0.25) is 5.91 Å². The molecule has 0 aromatic heterocycles. The van der Waals surface area contributed by atoms with E-state index in [1.54, 1.807) is 0 Å². The number of rotatable bonds is 6. The van der Waals surface area contributed by atoms with E-state index in [0.717, 1.165) is 19.3 Å². The zero-order valence-electron chi connectivity index (χ0n) is 11.8. The molecule has 1 aliphatic carbocycles. The quantitative estimate of drug-likeness (QED) is 0.775. The average molecular weight is 240 g/mol. The molecular weight excluding hydrogens is 212 g/mol. The van der Waals surface area contributed by atoms with Gasteiger partial charge in [0.1, 0.15) is 0 Å². The molecule has 17 heavy (non-hydrogen) atoms. The molecular formula is C14H28N2O. The van der Waals surface area contributed by atoms with Crippen molar-refractivity contribution in [3.8, 4) is 0 Å². The number of nitrogens with two attached hydrogens (primary N) is 1. The molecule has 3 heteroatoms. The Hall–Kier alpha value is -0.570. The maximum Gasteiger partial charge on any atom is 0.223 e. The van der Waals surface area contributed by atoms with Crippen LogP contribution in [0.2, 0.25) is 0 Å². The van der Waals surface area contributed by atoms with Gasteiger partial charge in [-0.25, -0.2) is 0 Å². The second-order valence-electron chi connectivity index (χ2n) is 6.22. The molecule has 3 nitrogen and oxygen atoms in total. The summed E-state index contributed by atoms with van der Waals surface area (Å²) < 4.78 is 0. The van der Waals surface area contributed by atoms with E-state index in [2.05, 4.69) is 20.8 Å². The molecule has 1 rings (SSSR count). The van der Waals surface area contributed by atoms with E-state index in [1.807, 2.05) is 11.9 Å². The van der Waals surface area contributed by atoms with E-state index in [4.69, 9.17) is 5.73 Å². The molecule has 0 spiro atoms. The van der Waals surface area contributed by atoms with E-state index in [-0.39, 0.29) is 11.3 Å². The smallest absolute Gasteiger partial charge is 0.223 e. The highest BCUT2D eigenvalue weighted by molar-refractivity contribution is 5.77. The Bertz CT molecular complexity index is 253. The highest BCUT2D eigenvalue weighted by Crippen LogP contribution is 2.43. The molecule has 0 aliphatic heterocycles. The van der Waals surface area contributed by atoms with Gasteiger partial charge in [0, 0.05) is 19.5 Å². The SMILES string of the molecule is CC(C)CC(C)N(C)C(=O)CC1(CN)CCC1. The summed E-state index contributed by atoms with van der Waals surface area (Å²) >= 11 is 0. The lowest BCUT2D eigenvalue weighted by Crippen LogP contribution is -2.44. The zero-order valence-corrected chi connectivity index (χ0v) is 11.8. The van der Waals surface area contributed by atoms with Crippen LogP contribution in [0.4, 0.5) is 0 Å². The largest absolute Gasteiger partial charge is 0.343 e. The van der Waals surface area contributed by atoms with E-state index in [0.29, 0.717) is 24.9 Å². The van der Waals surface area contributed by atoms with Gasteiger partial charge in [0.25, 0.3) is 0 Å². The highest BCUT2D eigenvalue weighted by atomic mass is 16.2. The first kappa shape index (κ1) is 14.5. The van der Waals surface area contributed by atoms with Gasteiger partial charge in [-0.15, -0.1) is 0 Å². The Kier molecular flexibility index (Phi) is 4.99. The van der Waals surface area contributed by atoms with Crippen molar-refractivity contribution in [2.24, 2.45) is 17.1 Å². The highest BCUT2D eigenvalue weighted by Gasteiger charge is 2.38. The molecule has 0 bridgehead atoms. The number of hydrogen-bond acceptors (Lipinski definition) is 2. The molecule has 2 N–H and O–H groups in total. The number of nitrogens with zero attached hydrogens (tertiary/aromatic N) is 1. The summed E-state index contributed by atoms with van der Waals surface area (Å²) in [6.45, 7) is 7.18. The molecule has 0 heterocycles. The summed E-state index contributed by atoms with van der Waals surface area (Å²) in [5, 5.41) is 0. The molecule has 1 atom stereocenters. The Morgan fingerprint density at radius 2 is 1.94 bits per heavy atom. The second-order valence-corrected chi connectivity index (χ2v) is 6.22. The first-order chi connectivity index (χ1) is 7.90. The van der Waals surface area contributed by atoms with E-state index in [9.17, 15) is 4.79 Å². The van der Waals surface area contributed by atoms with Crippen molar-refractivity contribution >= 4 is 5.91 Å². The molecule has 1 aliphatic rings. The number of hydrogen-bond donors (Lipinski definition) is 1. The Morgan fingerprint density at radius 3 is 2.29 bits per heavy atom. The summed E-state index contributed by atoms with van der Waals surface area (Å²) in [6.07, 6.45) is 5.19. The van der Waals surface area contributed by atoms with Gasteiger partial charge in [0.05, 0.1) is 0 Å². The molecule has 1 unspecified atom stereocenters. The fraction of sp³-hybridized carbons (Fsp3) is 0.929. The van der Waals surface area contributed by atoms with Crippen molar-refractivity contribution in [1.29, 1.82) is 0 Å². The van der Waals surface area contributed by atoms with E-state index < -0.39 is 0 Å². The van der Waals surface area contributed by atoms with Crippen LogP contribution in [0.3, 0.4) is 0 Å². The van der Waals surface area contributed by atoms with Crippen molar-refractivity contribution in [2.45, 2.75) is 58.9 Å². The van der Waals surface area contributed by atoms with Crippen molar-refractivity contribution in [3.05, 3.63) is 0 Å². The summed E-state index contributed by atoms with van der Waals surface area (Å²) in [7, 11) is 1.93. The molecule has 0 aromatic carbocycles. The second kappa shape index (κ2) is 5.85. The van der Waals surface area contributed by atoms with Gasteiger partial charge < -0.3 is 10.6 Å². The lowest BCUT2D eigenvalue weighted by Gasteiger charge is -2.42. The van der Waals surface area contributed by atoms with Crippen LogP contribution >= 0.6 is 0 Å². The summed E-state index contributed by atoms with van der Waals surface area (Å²) in [6, 6.07) is 0.331. The summed E-state index contributed by atoms with van der Waals surface area (Å²) in [5.74, 6) is 0.899. The van der Waals surface area contributed by atoms with Crippen molar-refractivity contribution in [2.75, 3.05) is 13.6 Å². The molecule has 0 saturated heterocycles. The van der Waals surface area contributed by atoms with Crippen LogP contribution in [0, 0.1) is 11.3 Å². The van der Waals surface area contributed by atoms with Crippen LogP contribution in [0.15, 0.2) is 0 Å². The Labute approximate surface area is 106 Å². The maximum absolute atomic E-state index is 12.2. The topological polar surface area (TPSA) is 46.3 Å². The van der Waals surface area contributed by atoms with Gasteiger partial charge in [0.15, 0.2) is 0 Å². The third-order valence-corrected chi connectivity index (χ3v) is 4.24. The zero-order chi connectivity index (χ0) is 13.1. The van der Waals surface area contributed by atoms with Gasteiger partial charge >= 0.3 is 0 Å². The monoisotopic (exact) mass is 240 g/mol. The molecule has 0 aromatic rings. The first-order valence-electron chi connectivity index (χ1n) is 6.86. The number of carbonyl (C=O) groups is 1. The van der Waals surface area contributed by atoms with E-state index in [1.165, 1.54) is 6.42 Å². The molecule has 100 valence electrons. The summed E-state index contributed by atoms with van der Waals surface area (Å²) in [4.78, 5) is 14.1. The predicted molar refractivity (Wildman–Crippen MR) is 71.6 cm³/mol. The third kappa shape index (κ3) is 3.70. The third-order valence-electron chi connectivity index (χ3n) is 4.24. The van der Waals surface area contributed by atoms with Crippen molar-refractivity contribution in [1.82, 2.24) is 4.90 Å². The van der Waals surface area contributed by atoms with Crippen molar-refractivity contribution in [3.63, 3.8) is 0 Å². The predicted octanol–water partition coefficient (Wildman–Crippen LogP) is 2.40. The van der Waals surface area contributed by atoms with Gasteiger partial charge in [-0.05, 0) is 44.1 Å². The van der Waals surface area contributed by atoms with Gasteiger partial charge in [-0.2, -0.15) is 0 Å².